The number of carbonyl (C=O) groups excluding carboxylic acids is 1. The van der Waals surface area contributed by atoms with E-state index in [1.54, 1.807) is 6.07 Å². The highest BCUT2D eigenvalue weighted by atomic mass is 127. The third kappa shape index (κ3) is 4.61. The van der Waals surface area contributed by atoms with Crippen LogP contribution in [0.2, 0.25) is 0 Å². The van der Waals surface area contributed by atoms with E-state index in [9.17, 15) is 9.00 Å². The van der Waals surface area contributed by atoms with Crippen LogP contribution < -0.4 is 5.32 Å². The van der Waals surface area contributed by atoms with Crippen molar-refractivity contribution in [1.29, 1.82) is 0 Å². The number of amides is 1. The van der Waals surface area contributed by atoms with Gasteiger partial charge in [0.2, 0.25) is 0 Å². The molecule has 1 atom stereocenters. The summed E-state index contributed by atoms with van der Waals surface area (Å²) >= 11 is 2.16. The molecular weight excluding hydrogens is 337 g/mol. The maximum Gasteiger partial charge on any atom is 0.251 e. The molecule has 0 radical (unpaired) electrons. The molecule has 0 saturated heterocycles. The first-order chi connectivity index (χ1) is 7.63. The zero-order valence-corrected chi connectivity index (χ0v) is 12.0. The second-order valence-corrected chi connectivity index (χ2v) is 6.31. The Bertz CT molecular complexity index is 395. The average Bonchev–Trinajstić information content (AvgIpc) is 2.28. The Balaban J connectivity index is 2.44. The van der Waals surface area contributed by atoms with Crippen LogP contribution in [0.5, 0.6) is 0 Å². The first-order valence-electron chi connectivity index (χ1n) is 5.02. The number of carbonyl (C=O) groups is 1. The van der Waals surface area contributed by atoms with Crippen LogP contribution in [0.1, 0.15) is 17.3 Å². The molecule has 0 fully saturated rings. The molecule has 1 N–H and O–H groups in total. The first-order valence-corrected chi connectivity index (χ1v) is 7.59. The smallest absolute Gasteiger partial charge is 0.251 e. The van der Waals surface area contributed by atoms with Crippen molar-refractivity contribution in [2.75, 3.05) is 18.1 Å². The largest absolute Gasteiger partial charge is 0.351 e. The lowest BCUT2D eigenvalue weighted by Gasteiger charge is -2.04. The molecule has 0 aromatic heterocycles. The van der Waals surface area contributed by atoms with E-state index in [0.717, 1.165) is 3.57 Å². The van der Waals surface area contributed by atoms with E-state index in [2.05, 4.69) is 27.9 Å². The van der Waals surface area contributed by atoms with Gasteiger partial charge in [0.15, 0.2) is 0 Å². The van der Waals surface area contributed by atoms with Crippen LogP contribution in [-0.2, 0) is 10.8 Å². The number of halogens is 1. The second kappa shape index (κ2) is 7.01. The molecule has 1 unspecified atom stereocenters. The molecule has 1 amide bonds. The van der Waals surface area contributed by atoms with Crippen LogP contribution in [-0.4, -0.2) is 28.2 Å². The van der Waals surface area contributed by atoms with Gasteiger partial charge in [0, 0.05) is 38.0 Å². The molecule has 0 aliphatic heterocycles. The number of hydrogen-bond donors (Lipinski definition) is 1. The van der Waals surface area contributed by atoms with E-state index in [4.69, 9.17) is 0 Å². The fourth-order valence-corrected chi connectivity index (χ4v) is 2.32. The Hall–Kier alpha value is -0.430. The van der Waals surface area contributed by atoms with Crippen molar-refractivity contribution < 1.29 is 9.00 Å². The summed E-state index contributed by atoms with van der Waals surface area (Å²) in [5, 5.41) is 2.76. The van der Waals surface area contributed by atoms with Gasteiger partial charge in [-0.3, -0.25) is 9.00 Å². The quantitative estimate of drug-likeness (QED) is 0.823. The number of rotatable bonds is 5. The van der Waals surface area contributed by atoms with Gasteiger partial charge in [-0.2, -0.15) is 0 Å². The number of benzene rings is 1. The summed E-state index contributed by atoms with van der Waals surface area (Å²) in [6.45, 7) is 2.34. The van der Waals surface area contributed by atoms with Crippen molar-refractivity contribution in [1.82, 2.24) is 5.32 Å². The first kappa shape index (κ1) is 13.6. The van der Waals surface area contributed by atoms with Crippen molar-refractivity contribution in [2.24, 2.45) is 0 Å². The third-order valence-corrected chi connectivity index (χ3v) is 4.00. The van der Waals surface area contributed by atoms with E-state index in [0.29, 0.717) is 23.6 Å². The maximum atomic E-state index is 11.7. The minimum absolute atomic E-state index is 0.105. The minimum Gasteiger partial charge on any atom is -0.351 e. The summed E-state index contributed by atoms with van der Waals surface area (Å²) < 4.78 is 12.2. The Labute approximate surface area is 112 Å². The molecule has 0 spiro atoms. The molecule has 0 aliphatic carbocycles. The van der Waals surface area contributed by atoms with Gasteiger partial charge in [0.25, 0.3) is 5.91 Å². The molecule has 0 aliphatic rings. The highest BCUT2D eigenvalue weighted by molar-refractivity contribution is 14.1. The molecule has 1 aromatic carbocycles. The topological polar surface area (TPSA) is 46.2 Å². The van der Waals surface area contributed by atoms with Crippen LogP contribution in [0.4, 0.5) is 0 Å². The molecule has 0 saturated carbocycles. The van der Waals surface area contributed by atoms with Crippen molar-refractivity contribution >= 4 is 39.3 Å². The second-order valence-electron chi connectivity index (χ2n) is 3.20. The fraction of sp³-hybridized carbons (Fsp3) is 0.364. The predicted molar refractivity (Wildman–Crippen MR) is 75.0 cm³/mol. The molecule has 16 heavy (non-hydrogen) atoms. The van der Waals surface area contributed by atoms with Gasteiger partial charge in [0.05, 0.1) is 0 Å². The van der Waals surface area contributed by atoms with E-state index < -0.39 is 10.8 Å². The van der Waals surface area contributed by atoms with Crippen LogP contribution in [0.3, 0.4) is 0 Å². The van der Waals surface area contributed by atoms with E-state index in [1.807, 2.05) is 25.1 Å². The van der Waals surface area contributed by atoms with Crippen LogP contribution in [0, 0.1) is 3.57 Å². The van der Waals surface area contributed by atoms with E-state index in [1.165, 1.54) is 0 Å². The Morgan fingerprint density at radius 2 is 2.25 bits per heavy atom. The van der Waals surface area contributed by atoms with E-state index >= 15 is 0 Å². The number of nitrogens with one attached hydrogen (secondary N) is 1. The van der Waals surface area contributed by atoms with Crippen molar-refractivity contribution in [2.45, 2.75) is 6.92 Å². The molecule has 1 aromatic rings. The molecule has 0 heterocycles. The lowest BCUT2D eigenvalue weighted by Crippen LogP contribution is -2.28. The maximum absolute atomic E-state index is 11.7. The van der Waals surface area contributed by atoms with Crippen molar-refractivity contribution in [3.05, 3.63) is 33.4 Å². The molecule has 5 heteroatoms. The Morgan fingerprint density at radius 1 is 1.50 bits per heavy atom. The number of hydrogen-bond acceptors (Lipinski definition) is 2. The third-order valence-electron chi connectivity index (χ3n) is 2.02. The van der Waals surface area contributed by atoms with Gasteiger partial charge in [0.1, 0.15) is 0 Å². The molecule has 3 nitrogen and oxygen atoms in total. The lowest BCUT2D eigenvalue weighted by molar-refractivity contribution is 0.0956. The molecule has 1 rings (SSSR count). The summed E-state index contributed by atoms with van der Waals surface area (Å²) in [5.74, 6) is 1.05. The van der Waals surface area contributed by atoms with E-state index in [-0.39, 0.29) is 5.91 Å². The zero-order valence-electron chi connectivity index (χ0n) is 9.03. The normalized spacial score (nSPS) is 12.1. The SMILES string of the molecule is CCS(=O)CCNC(=O)c1cccc(I)c1. The van der Waals surface area contributed by atoms with Crippen molar-refractivity contribution in [3.63, 3.8) is 0 Å². The average molecular weight is 351 g/mol. The zero-order chi connectivity index (χ0) is 12.0. The standard InChI is InChI=1S/C11H14INO2S/c1-2-16(15)7-6-13-11(14)9-4-3-5-10(12)8-9/h3-5,8H,2,6-7H2,1H3,(H,13,14). The van der Waals surface area contributed by atoms with Crippen molar-refractivity contribution in [3.8, 4) is 0 Å². The van der Waals surface area contributed by atoms with Gasteiger partial charge >= 0.3 is 0 Å². The summed E-state index contributed by atoms with van der Waals surface area (Å²) in [6, 6.07) is 7.38. The van der Waals surface area contributed by atoms with Gasteiger partial charge in [-0.05, 0) is 40.8 Å². The van der Waals surface area contributed by atoms with Gasteiger partial charge < -0.3 is 5.32 Å². The van der Waals surface area contributed by atoms with Gasteiger partial charge in [-0.1, -0.05) is 13.0 Å². The highest BCUT2D eigenvalue weighted by Crippen LogP contribution is 2.07. The summed E-state index contributed by atoms with van der Waals surface area (Å²) in [7, 11) is -0.820. The monoisotopic (exact) mass is 351 g/mol. The summed E-state index contributed by atoms with van der Waals surface area (Å²) in [5.41, 5.74) is 0.647. The Kier molecular flexibility index (Phi) is 5.97. The molecule has 88 valence electrons. The minimum atomic E-state index is -0.820. The van der Waals surface area contributed by atoms with Gasteiger partial charge in [-0.15, -0.1) is 0 Å². The van der Waals surface area contributed by atoms with Crippen LogP contribution in [0.25, 0.3) is 0 Å². The predicted octanol–water partition coefficient (Wildman–Crippen LogP) is 1.79. The summed E-state index contributed by atoms with van der Waals surface area (Å²) in [6.07, 6.45) is 0. The summed E-state index contributed by atoms with van der Waals surface area (Å²) in [4.78, 5) is 11.7. The molecule has 0 bridgehead atoms. The Morgan fingerprint density at radius 3 is 2.88 bits per heavy atom. The van der Waals surface area contributed by atoms with Crippen LogP contribution >= 0.6 is 22.6 Å². The fourth-order valence-electron chi connectivity index (χ4n) is 1.15. The van der Waals surface area contributed by atoms with Crippen LogP contribution in [0.15, 0.2) is 24.3 Å². The lowest BCUT2D eigenvalue weighted by atomic mass is 10.2. The highest BCUT2D eigenvalue weighted by Gasteiger charge is 2.05. The molecular formula is C11H14INO2S. The van der Waals surface area contributed by atoms with Gasteiger partial charge in [-0.25, -0.2) is 0 Å².